The molecule has 2 saturated carbocycles. The zero-order valence-electron chi connectivity index (χ0n) is 17.9. The number of para-hydroxylation sites is 1. The van der Waals surface area contributed by atoms with E-state index in [4.69, 9.17) is 4.98 Å². The second kappa shape index (κ2) is 7.75. The third kappa shape index (κ3) is 4.09. The van der Waals surface area contributed by atoms with Crippen LogP contribution in [0.1, 0.15) is 49.4 Å². The fraction of sp³-hybridized carbons (Fsp3) is 0.400. The molecule has 2 aliphatic rings. The number of carbonyl (C=O) groups is 2. The smallest absolute Gasteiger partial charge is 0.253 e. The van der Waals surface area contributed by atoms with Gasteiger partial charge in [-0.1, -0.05) is 24.3 Å². The molecule has 2 aliphatic carbocycles. The summed E-state index contributed by atoms with van der Waals surface area (Å²) < 4.78 is 1.16. The van der Waals surface area contributed by atoms with Crippen LogP contribution in [-0.2, 0) is 4.79 Å². The first-order valence-corrected chi connectivity index (χ1v) is 11.8. The lowest BCUT2D eigenvalue weighted by molar-refractivity contribution is -0.125. The van der Waals surface area contributed by atoms with Crippen LogP contribution in [0.25, 0.3) is 20.8 Å². The van der Waals surface area contributed by atoms with Crippen molar-refractivity contribution >= 4 is 33.4 Å². The SMILES string of the molecule is CN(C(=O)c1ccc(-c2nc3ccccc3s2)cc1)[C@@H]1CC[C@H](C(=O)NC2(C)CC2)C1. The highest BCUT2D eigenvalue weighted by Crippen LogP contribution is 2.37. The van der Waals surface area contributed by atoms with E-state index in [2.05, 4.69) is 18.3 Å². The Morgan fingerprint density at radius 1 is 1.10 bits per heavy atom. The van der Waals surface area contributed by atoms with Crippen LogP contribution in [0.3, 0.4) is 0 Å². The molecule has 1 heterocycles. The minimum Gasteiger partial charge on any atom is -0.351 e. The van der Waals surface area contributed by atoms with Crippen molar-refractivity contribution in [3.05, 3.63) is 54.1 Å². The van der Waals surface area contributed by atoms with Gasteiger partial charge in [0.15, 0.2) is 0 Å². The van der Waals surface area contributed by atoms with Gasteiger partial charge in [-0.25, -0.2) is 4.98 Å². The summed E-state index contributed by atoms with van der Waals surface area (Å²) in [6, 6.07) is 15.9. The van der Waals surface area contributed by atoms with Gasteiger partial charge in [-0.15, -0.1) is 11.3 Å². The summed E-state index contributed by atoms with van der Waals surface area (Å²) >= 11 is 1.66. The second-order valence-corrected chi connectivity index (χ2v) is 10.2. The molecule has 0 spiro atoms. The molecular formula is C25H27N3O2S. The topological polar surface area (TPSA) is 62.3 Å². The minimum absolute atomic E-state index is 0.0102. The van der Waals surface area contributed by atoms with Gasteiger partial charge in [0.05, 0.1) is 10.2 Å². The van der Waals surface area contributed by atoms with Crippen LogP contribution in [0.4, 0.5) is 0 Å². The molecule has 160 valence electrons. The molecule has 31 heavy (non-hydrogen) atoms. The zero-order valence-corrected chi connectivity index (χ0v) is 18.7. The average molecular weight is 434 g/mol. The summed E-state index contributed by atoms with van der Waals surface area (Å²) in [6.07, 6.45) is 4.61. The quantitative estimate of drug-likeness (QED) is 0.624. The standard InChI is InChI=1S/C25H27N3O2S/c1-25(13-14-25)27-22(29)18-11-12-19(15-18)28(2)24(30)17-9-7-16(8-10-17)23-26-20-5-3-4-6-21(20)31-23/h3-10,18-19H,11-15H2,1-2H3,(H,27,29)/t18-,19+/m0/s1. The van der Waals surface area contributed by atoms with E-state index in [1.165, 1.54) is 0 Å². The van der Waals surface area contributed by atoms with Crippen molar-refractivity contribution < 1.29 is 9.59 Å². The van der Waals surface area contributed by atoms with E-state index in [-0.39, 0.29) is 29.3 Å². The summed E-state index contributed by atoms with van der Waals surface area (Å²) in [4.78, 5) is 32.1. The highest BCUT2D eigenvalue weighted by molar-refractivity contribution is 7.21. The van der Waals surface area contributed by atoms with Gasteiger partial charge in [0.25, 0.3) is 5.91 Å². The lowest BCUT2D eigenvalue weighted by Crippen LogP contribution is -2.39. The van der Waals surface area contributed by atoms with E-state index in [0.717, 1.165) is 52.9 Å². The maximum absolute atomic E-state index is 13.0. The summed E-state index contributed by atoms with van der Waals surface area (Å²) in [5, 5.41) is 4.14. The predicted molar refractivity (Wildman–Crippen MR) is 124 cm³/mol. The molecular weight excluding hydrogens is 406 g/mol. The van der Waals surface area contributed by atoms with Crippen LogP contribution in [0, 0.1) is 5.92 Å². The number of carbonyl (C=O) groups excluding carboxylic acids is 2. The highest BCUT2D eigenvalue weighted by atomic mass is 32.1. The zero-order chi connectivity index (χ0) is 21.6. The van der Waals surface area contributed by atoms with Crippen molar-refractivity contribution in [1.82, 2.24) is 15.2 Å². The molecule has 1 aromatic heterocycles. The number of nitrogens with zero attached hydrogens (tertiary/aromatic N) is 2. The van der Waals surface area contributed by atoms with E-state index in [0.29, 0.717) is 5.56 Å². The van der Waals surface area contributed by atoms with E-state index in [1.807, 2.05) is 54.4 Å². The van der Waals surface area contributed by atoms with Crippen molar-refractivity contribution in [2.24, 2.45) is 5.92 Å². The largest absolute Gasteiger partial charge is 0.351 e. The van der Waals surface area contributed by atoms with Crippen molar-refractivity contribution in [2.45, 2.75) is 50.6 Å². The Balaban J connectivity index is 1.24. The molecule has 2 aromatic carbocycles. The van der Waals surface area contributed by atoms with E-state index < -0.39 is 0 Å². The third-order valence-electron chi connectivity index (χ3n) is 6.74. The van der Waals surface area contributed by atoms with E-state index >= 15 is 0 Å². The summed E-state index contributed by atoms with van der Waals surface area (Å²) in [5.74, 6) is 0.179. The van der Waals surface area contributed by atoms with Crippen LogP contribution in [-0.4, -0.2) is 40.3 Å². The molecule has 2 atom stereocenters. The van der Waals surface area contributed by atoms with E-state index in [1.54, 1.807) is 11.3 Å². The molecule has 0 unspecified atom stereocenters. The maximum Gasteiger partial charge on any atom is 0.253 e. The number of thiazole rings is 1. The van der Waals surface area contributed by atoms with Gasteiger partial charge in [-0.2, -0.15) is 0 Å². The first-order valence-electron chi connectivity index (χ1n) is 11.0. The van der Waals surface area contributed by atoms with Gasteiger partial charge in [0, 0.05) is 35.7 Å². The lowest BCUT2D eigenvalue weighted by atomic mass is 10.1. The Labute approximate surface area is 186 Å². The molecule has 1 N–H and O–H groups in total. The average Bonchev–Trinajstić information content (AvgIpc) is 3.20. The number of nitrogens with one attached hydrogen (secondary N) is 1. The van der Waals surface area contributed by atoms with Crippen molar-refractivity contribution in [1.29, 1.82) is 0 Å². The first-order chi connectivity index (χ1) is 14.9. The number of rotatable bonds is 5. The number of fused-ring (bicyclic) bond motifs is 1. The Morgan fingerprint density at radius 2 is 1.84 bits per heavy atom. The van der Waals surface area contributed by atoms with E-state index in [9.17, 15) is 9.59 Å². The fourth-order valence-electron chi connectivity index (χ4n) is 4.38. The van der Waals surface area contributed by atoms with Gasteiger partial charge in [-0.3, -0.25) is 9.59 Å². The van der Waals surface area contributed by atoms with Gasteiger partial charge < -0.3 is 10.2 Å². The molecule has 3 aromatic rings. The normalized spacial score (nSPS) is 21.7. The van der Waals surface area contributed by atoms with Gasteiger partial charge in [0.1, 0.15) is 5.01 Å². The first kappa shape index (κ1) is 20.2. The number of amides is 2. The number of hydrogen-bond donors (Lipinski definition) is 1. The van der Waals surface area contributed by atoms with Crippen molar-refractivity contribution in [2.75, 3.05) is 7.05 Å². The van der Waals surface area contributed by atoms with Gasteiger partial charge in [-0.05, 0) is 63.3 Å². The van der Waals surface area contributed by atoms with Crippen molar-refractivity contribution in [3.63, 3.8) is 0 Å². The molecule has 2 fully saturated rings. The molecule has 6 heteroatoms. The van der Waals surface area contributed by atoms with Crippen LogP contribution >= 0.6 is 11.3 Å². The Morgan fingerprint density at radius 3 is 2.55 bits per heavy atom. The van der Waals surface area contributed by atoms with Crippen LogP contribution in [0.2, 0.25) is 0 Å². The fourth-order valence-corrected chi connectivity index (χ4v) is 5.35. The third-order valence-corrected chi connectivity index (χ3v) is 7.83. The second-order valence-electron chi connectivity index (χ2n) is 9.19. The van der Waals surface area contributed by atoms with Crippen LogP contribution < -0.4 is 5.32 Å². The lowest BCUT2D eigenvalue weighted by Gasteiger charge is -2.25. The number of benzene rings is 2. The van der Waals surface area contributed by atoms with Gasteiger partial charge in [0.2, 0.25) is 5.91 Å². The predicted octanol–water partition coefficient (Wildman–Crippen LogP) is 4.87. The van der Waals surface area contributed by atoms with Gasteiger partial charge >= 0.3 is 0 Å². The molecule has 0 saturated heterocycles. The highest BCUT2D eigenvalue weighted by Gasteiger charge is 2.42. The van der Waals surface area contributed by atoms with Crippen LogP contribution in [0.5, 0.6) is 0 Å². The van der Waals surface area contributed by atoms with Crippen LogP contribution in [0.15, 0.2) is 48.5 Å². The maximum atomic E-state index is 13.0. The monoisotopic (exact) mass is 433 g/mol. The molecule has 0 bridgehead atoms. The minimum atomic E-state index is 0.0102. The van der Waals surface area contributed by atoms with Crippen molar-refractivity contribution in [3.8, 4) is 10.6 Å². The summed E-state index contributed by atoms with van der Waals surface area (Å²) in [5.41, 5.74) is 2.71. The molecule has 5 nitrogen and oxygen atoms in total. The molecule has 5 rings (SSSR count). The Bertz CT molecular complexity index is 1100. The Hall–Kier alpha value is -2.73. The number of hydrogen-bond acceptors (Lipinski definition) is 4. The number of aromatic nitrogens is 1. The molecule has 0 radical (unpaired) electrons. The molecule has 2 amide bonds. The Kier molecular flexibility index (Phi) is 5.05. The molecule has 0 aliphatic heterocycles. The summed E-state index contributed by atoms with van der Waals surface area (Å²) in [6.45, 7) is 2.10. The summed E-state index contributed by atoms with van der Waals surface area (Å²) in [7, 11) is 1.86.